The fourth-order valence-corrected chi connectivity index (χ4v) is 3.72. The third-order valence-corrected chi connectivity index (χ3v) is 5.35. The van der Waals surface area contributed by atoms with Crippen LogP contribution in [0.15, 0.2) is 76.0 Å². The monoisotopic (exact) mass is 406 g/mol. The molecule has 0 saturated carbocycles. The Morgan fingerprint density at radius 2 is 1.72 bits per heavy atom. The number of nitrogens with two attached hydrogens (primary N) is 1. The van der Waals surface area contributed by atoms with Crippen molar-refractivity contribution < 1.29 is 18.7 Å². The molecule has 2 amide bonds. The highest BCUT2D eigenvalue weighted by atomic mass is 32.2. The van der Waals surface area contributed by atoms with Crippen molar-refractivity contribution in [1.29, 1.82) is 0 Å². The van der Waals surface area contributed by atoms with Gasteiger partial charge in [0.05, 0.1) is 11.4 Å². The van der Waals surface area contributed by atoms with Crippen LogP contribution >= 0.6 is 11.8 Å². The van der Waals surface area contributed by atoms with Crippen molar-refractivity contribution in [3.05, 3.63) is 66.7 Å². The lowest BCUT2D eigenvalue weighted by Crippen LogP contribution is -2.20. The molecule has 0 aliphatic rings. The number of carbonyl (C=O) groups is 2. The number of anilines is 1. The van der Waals surface area contributed by atoms with Crippen LogP contribution in [-0.2, 0) is 9.59 Å². The molecule has 0 fully saturated rings. The van der Waals surface area contributed by atoms with Crippen LogP contribution in [-0.4, -0.2) is 24.2 Å². The van der Waals surface area contributed by atoms with Crippen molar-refractivity contribution in [2.45, 2.75) is 4.90 Å². The number of nitrogens with one attached hydrogen (secondary N) is 1. The normalized spacial score (nSPS) is 10.9. The van der Waals surface area contributed by atoms with E-state index in [1.807, 2.05) is 54.6 Å². The van der Waals surface area contributed by atoms with Crippen molar-refractivity contribution in [2.75, 3.05) is 17.7 Å². The van der Waals surface area contributed by atoms with E-state index in [-0.39, 0.29) is 18.3 Å². The number of fused-ring (bicyclic) bond motifs is 3. The fraction of sp³-hybridized carbons (Fsp3) is 0.0909. The molecule has 0 bridgehead atoms. The number of thioether (sulfide) groups is 1. The molecule has 1 aromatic heterocycles. The van der Waals surface area contributed by atoms with Crippen LogP contribution in [0, 0.1) is 0 Å². The van der Waals surface area contributed by atoms with Gasteiger partial charge < -0.3 is 20.2 Å². The van der Waals surface area contributed by atoms with Gasteiger partial charge in [0.1, 0.15) is 16.9 Å². The van der Waals surface area contributed by atoms with Crippen LogP contribution in [0.2, 0.25) is 0 Å². The number of primary amides is 1. The number of carbonyl (C=O) groups excluding carboxylic acids is 2. The van der Waals surface area contributed by atoms with Crippen molar-refractivity contribution in [3.8, 4) is 5.75 Å². The van der Waals surface area contributed by atoms with Crippen LogP contribution in [0.25, 0.3) is 21.9 Å². The zero-order valence-electron chi connectivity index (χ0n) is 15.4. The molecule has 0 unspecified atom stereocenters. The maximum Gasteiger partial charge on any atom is 0.262 e. The molecule has 6 nitrogen and oxygen atoms in total. The average molecular weight is 406 g/mol. The minimum absolute atomic E-state index is 0.141. The molecule has 29 heavy (non-hydrogen) atoms. The van der Waals surface area contributed by atoms with Crippen LogP contribution in [0.5, 0.6) is 5.75 Å². The summed E-state index contributed by atoms with van der Waals surface area (Å²) >= 11 is 1.27. The van der Waals surface area contributed by atoms with Crippen molar-refractivity contribution >= 4 is 51.2 Å². The lowest BCUT2D eigenvalue weighted by molar-refractivity contribution is -0.118. The number of furan rings is 1. The van der Waals surface area contributed by atoms with Gasteiger partial charge in [0.2, 0.25) is 5.91 Å². The zero-order chi connectivity index (χ0) is 20.2. The molecular formula is C22H18N2O4S. The van der Waals surface area contributed by atoms with E-state index in [0.29, 0.717) is 11.4 Å². The number of para-hydroxylation sites is 2. The summed E-state index contributed by atoms with van der Waals surface area (Å²) in [6.07, 6.45) is 0. The summed E-state index contributed by atoms with van der Waals surface area (Å²) in [7, 11) is 0. The van der Waals surface area contributed by atoms with E-state index in [0.717, 1.165) is 26.8 Å². The smallest absolute Gasteiger partial charge is 0.262 e. The Morgan fingerprint density at radius 3 is 2.59 bits per heavy atom. The Hall–Kier alpha value is -3.45. The summed E-state index contributed by atoms with van der Waals surface area (Å²) in [5, 5.41) is 4.75. The van der Waals surface area contributed by atoms with E-state index in [1.54, 1.807) is 12.1 Å². The van der Waals surface area contributed by atoms with Gasteiger partial charge >= 0.3 is 0 Å². The van der Waals surface area contributed by atoms with Gasteiger partial charge in [-0.05, 0) is 36.4 Å². The van der Waals surface area contributed by atoms with Gasteiger partial charge in [0.25, 0.3) is 5.91 Å². The molecule has 0 saturated heterocycles. The number of ether oxygens (including phenoxy) is 1. The standard InChI is InChI=1S/C22H18N2O4S/c23-21(25)13-29-20-8-4-2-6-17(20)24-22(26)12-27-14-9-10-19-16(11-14)15-5-1-3-7-18(15)28-19/h1-11H,12-13H2,(H2,23,25)(H,24,26). The number of hydrogen-bond donors (Lipinski definition) is 2. The van der Waals surface area contributed by atoms with Gasteiger partial charge in [0, 0.05) is 15.7 Å². The topological polar surface area (TPSA) is 94.6 Å². The van der Waals surface area contributed by atoms with Gasteiger partial charge in [-0.15, -0.1) is 11.8 Å². The molecule has 3 aromatic carbocycles. The fourth-order valence-electron chi connectivity index (χ4n) is 2.97. The Morgan fingerprint density at radius 1 is 0.966 bits per heavy atom. The molecule has 1 heterocycles. The third kappa shape index (κ3) is 4.35. The maximum absolute atomic E-state index is 12.3. The van der Waals surface area contributed by atoms with Crippen LogP contribution < -0.4 is 15.8 Å². The Kier molecular flexibility index (Phi) is 5.39. The predicted octanol–water partition coefficient (Wildman–Crippen LogP) is 4.18. The first kappa shape index (κ1) is 18.9. The lowest BCUT2D eigenvalue weighted by Gasteiger charge is -2.11. The number of benzene rings is 3. The molecule has 7 heteroatoms. The minimum Gasteiger partial charge on any atom is -0.484 e. The highest BCUT2D eigenvalue weighted by Crippen LogP contribution is 2.31. The zero-order valence-corrected chi connectivity index (χ0v) is 16.2. The van der Waals surface area contributed by atoms with Crippen LogP contribution in [0.3, 0.4) is 0 Å². The molecule has 0 aliphatic carbocycles. The molecule has 0 atom stereocenters. The summed E-state index contributed by atoms with van der Waals surface area (Å²) < 4.78 is 11.5. The summed E-state index contributed by atoms with van der Waals surface area (Å²) in [5.41, 5.74) is 7.39. The van der Waals surface area contributed by atoms with E-state index in [1.165, 1.54) is 11.8 Å². The van der Waals surface area contributed by atoms with E-state index in [4.69, 9.17) is 14.9 Å². The molecule has 146 valence electrons. The van der Waals surface area contributed by atoms with Crippen molar-refractivity contribution in [2.24, 2.45) is 5.73 Å². The number of rotatable bonds is 7. The summed E-state index contributed by atoms with van der Waals surface area (Å²) in [5.74, 6) is 0.00805. The van der Waals surface area contributed by atoms with Crippen molar-refractivity contribution in [3.63, 3.8) is 0 Å². The van der Waals surface area contributed by atoms with E-state index in [9.17, 15) is 9.59 Å². The highest BCUT2D eigenvalue weighted by Gasteiger charge is 2.11. The van der Waals surface area contributed by atoms with E-state index < -0.39 is 5.91 Å². The first-order valence-electron chi connectivity index (χ1n) is 8.94. The quantitative estimate of drug-likeness (QED) is 0.449. The Labute approximate surface area is 171 Å². The van der Waals surface area contributed by atoms with E-state index in [2.05, 4.69) is 5.32 Å². The molecule has 0 radical (unpaired) electrons. The molecule has 3 N–H and O–H groups in total. The summed E-state index contributed by atoms with van der Waals surface area (Å²) in [6.45, 7) is -0.143. The second kappa shape index (κ2) is 8.28. The number of hydrogen-bond acceptors (Lipinski definition) is 5. The summed E-state index contributed by atoms with van der Waals surface area (Å²) in [4.78, 5) is 24.1. The minimum atomic E-state index is -0.415. The van der Waals surface area contributed by atoms with Gasteiger partial charge in [-0.25, -0.2) is 0 Å². The second-order valence-electron chi connectivity index (χ2n) is 6.34. The maximum atomic E-state index is 12.3. The van der Waals surface area contributed by atoms with Crippen molar-refractivity contribution in [1.82, 2.24) is 0 Å². The SMILES string of the molecule is NC(=O)CSc1ccccc1NC(=O)COc1ccc2oc3ccccc3c2c1. The predicted molar refractivity (Wildman–Crippen MR) is 114 cm³/mol. The Bertz CT molecular complexity index is 1200. The highest BCUT2D eigenvalue weighted by molar-refractivity contribution is 8.00. The van der Waals surface area contributed by atoms with Gasteiger partial charge in [-0.3, -0.25) is 9.59 Å². The van der Waals surface area contributed by atoms with Crippen LogP contribution in [0.1, 0.15) is 0 Å². The number of amides is 2. The Balaban J connectivity index is 1.44. The molecular weight excluding hydrogens is 388 g/mol. The molecule has 4 aromatic rings. The molecule has 0 aliphatic heterocycles. The molecule has 0 spiro atoms. The van der Waals surface area contributed by atoms with E-state index >= 15 is 0 Å². The summed E-state index contributed by atoms with van der Waals surface area (Å²) in [6, 6.07) is 20.5. The third-order valence-electron chi connectivity index (χ3n) is 4.25. The molecule has 4 rings (SSSR count). The lowest BCUT2D eigenvalue weighted by atomic mass is 10.1. The first-order valence-corrected chi connectivity index (χ1v) is 9.93. The average Bonchev–Trinajstić information content (AvgIpc) is 3.09. The largest absolute Gasteiger partial charge is 0.484 e. The van der Waals surface area contributed by atoms with Gasteiger partial charge in [-0.2, -0.15) is 0 Å². The van der Waals surface area contributed by atoms with Gasteiger partial charge in [0.15, 0.2) is 6.61 Å². The van der Waals surface area contributed by atoms with Gasteiger partial charge in [-0.1, -0.05) is 30.3 Å². The second-order valence-corrected chi connectivity index (χ2v) is 7.36. The van der Waals surface area contributed by atoms with Crippen LogP contribution in [0.4, 0.5) is 5.69 Å². The first-order chi connectivity index (χ1) is 14.1.